The van der Waals surface area contributed by atoms with Gasteiger partial charge in [-0.05, 0) is 16.7 Å². The summed E-state index contributed by atoms with van der Waals surface area (Å²) in [6.07, 6.45) is 0.263. The molecule has 1 N–H and O–H groups in total. The van der Waals surface area contributed by atoms with E-state index >= 15 is 0 Å². The van der Waals surface area contributed by atoms with Crippen molar-refractivity contribution >= 4 is 8.69 Å². The molecule has 0 fully saturated rings. The molecule has 1 atom stereocenters. The van der Waals surface area contributed by atoms with E-state index < -0.39 is 0 Å². The summed E-state index contributed by atoms with van der Waals surface area (Å²) in [6.45, 7) is 0. The van der Waals surface area contributed by atoms with Crippen molar-refractivity contribution in [3.05, 3.63) is 108 Å². The number of hydrogen-bond donors (Lipinski definition) is 1. The zero-order chi connectivity index (χ0) is 17.3. The van der Waals surface area contributed by atoms with Crippen LogP contribution in [0.4, 0.5) is 0 Å². The summed E-state index contributed by atoms with van der Waals surface area (Å²) in [7, 11) is -0.329. The Hall–Kier alpha value is -2.32. The van der Waals surface area contributed by atoms with Crippen molar-refractivity contribution in [3.63, 3.8) is 0 Å². The molecule has 0 saturated heterocycles. The average Bonchev–Trinajstić information content (AvgIpc) is 2.68. The van der Waals surface area contributed by atoms with Crippen LogP contribution >= 0.6 is 8.69 Å². The van der Waals surface area contributed by atoms with Crippen LogP contribution in [0.3, 0.4) is 0 Å². The molecule has 0 bridgehead atoms. The fourth-order valence-electron chi connectivity index (χ4n) is 2.87. The summed E-state index contributed by atoms with van der Waals surface area (Å²) in [5.74, 6) is 0. The van der Waals surface area contributed by atoms with E-state index in [0.29, 0.717) is 6.42 Å². The van der Waals surface area contributed by atoms with Crippen LogP contribution in [0.2, 0.25) is 0 Å². The molecule has 0 aliphatic carbocycles. The predicted molar refractivity (Wildman–Crippen MR) is 100 cm³/mol. The molecular formula is C21H20NO2P. The van der Waals surface area contributed by atoms with Crippen molar-refractivity contribution < 1.29 is 9.09 Å². The molecule has 25 heavy (non-hydrogen) atoms. The minimum Gasteiger partial charge on any atom is -0.280 e. The first kappa shape index (κ1) is 17.5. The van der Waals surface area contributed by atoms with E-state index in [9.17, 15) is 4.57 Å². The monoisotopic (exact) mass is 349 g/mol. The Bertz CT molecular complexity index is 726. The molecule has 1 unspecified atom stereocenters. The Kier molecular flexibility index (Phi) is 6.47. The second-order valence-electron chi connectivity index (χ2n) is 5.78. The molecule has 0 aliphatic rings. The Balaban J connectivity index is 1.85. The topological polar surface area (TPSA) is 38.3 Å². The normalized spacial score (nSPS) is 12.4. The maximum atomic E-state index is 11.1. The maximum absolute atomic E-state index is 11.1. The van der Waals surface area contributed by atoms with Crippen LogP contribution in [0.15, 0.2) is 91.0 Å². The van der Waals surface area contributed by atoms with E-state index in [1.807, 2.05) is 66.7 Å². The van der Waals surface area contributed by atoms with E-state index in [2.05, 4.69) is 29.6 Å². The van der Waals surface area contributed by atoms with Gasteiger partial charge in [0.2, 0.25) is 0 Å². The number of hydrogen-bond acceptors (Lipinski definition) is 3. The minimum absolute atomic E-state index is 0.0436. The lowest BCUT2D eigenvalue weighted by atomic mass is 9.98. The van der Waals surface area contributed by atoms with Crippen molar-refractivity contribution in [1.29, 1.82) is 0 Å². The van der Waals surface area contributed by atoms with Crippen LogP contribution in [-0.4, -0.2) is 6.23 Å². The van der Waals surface area contributed by atoms with Crippen LogP contribution in [-0.2, 0) is 15.5 Å². The predicted octanol–water partition coefficient (Wildman–Crippen LogP) is 5.16. The van der Waals surface area contributed by atoms with Crippen LogP contribution in [0.25, 0.3) is 0 Å². The van der Waals surface area contributed by atoms with E-state index in [-0.39, 0.29) is 21.0 Å². The smallest absolute Gasteiger partial charge is 0.280 e. The van der Waals surface area contributed by atoms with Crippen molar-refractivity contribution in [2.75, 3.05) is 0 Å². The molecule has 0 radical (unpaired) electrons. The molecule has 0 aliphatic heterocycles. The summed E-state index contributed by atoms with van der Waals surface area (Å²) in [5.41, 5.74) is 3.40. The number of nitrogens with one attached hydrogen (secondary N) is 1. The van der Waals surface area contributed by atoms with Gasteiger partial charge < -0.3 is 0 Å². The fourth-order valence-corrected chi connectivity index (χ4v) is 3.11. The molecule has 0 saturated carbocycles. The summed E-state index contributed by atoms with van der Waals surface area (Å²) in [4.78, 5) is 0. The van der Waals surface area contributed by atoms with Gasteiger partial charge in [0.05, 0.1) is 6.04 Å². The lowest BCUT2D eigenvalue weighted by Gasteiger charge is -2.25. The van der Waals surface area contributed by atoms with Crippen molar-refractivity contribution in [2.24, 2.45) is 0 Å². The molecule has 126 valence electrons. The molecular weight excluding hydrogens is 329 g/mol. The molecule has 0 heterocycles. The lowest BCUT2D eigenvalue weighted by Crippen LogP contribution is -2.35. The highest BCUT2D eigenvalue weighted by atomic mass is 31.1. The highest BCUT2D eigenvalue weighted by Crippen LogP contribution is 2.24. The van der Waals surface area contributed by atoms with Gasteiger partial charge in [0.1, 0.15) is 6.23 Å². The Morgan fingerprint density at radius 1 is 0.760 bits per heavy atom. The molecule has 4 heteroatoms. The highest BCUT2D eigenvalue weighted by molar-refractivity contribution is 7.17. The summed E-state index contributed by atoms with van der Waals surface area (Å²) < 4.78 is 16.5. The Labute approximate surface area is 150 Å². The largest absolute Gasteiger partial charge is 0.328 e. The molecule has 0 spiro atoms. The third kappa shape index (κ3) is 5.07. The fraction of sp³-hybridized carbons (Fsp3) is 0.143. The molecule has 3 nitrogen and oxygen atoms in total. The molecule has 0 aromatic heterocycles. The first-order chi connectivity index (χ1) is 12.4. The van der Waals surface area contributed by atoms with E-state index in [1.54, 1.807) is 0 Å². The van der Waals surface area contributed by atoms with Crippen molar-refractivity contribution in [3.8, 4) is 0 Å². The Morgan fingerprint density at radius 3 is 1.72 bits per heavy atom. The lowest BCUT2D eigenvalue weighted by molar-refractivity contribution is 0.172. The summed E-state index contributed by atoms with van der Waals surface area (Å²) >= 11 is 0. The second kappa shape index (κ2) is 9.24. The molecule has 3 aromatic carbocycles. The number of benzene rings is 3. The van der Waals surface area contributed by atoms with Gasteiger partial charge in [-0.15, -0.1) is 0 Å². The summed E-state index contributed by atoms with van der Waals surface area (Å²) in [5, 5.41) is 3.51. The van der Waals surface area contributed by atoms with Gasteiger partial charge >= 0.3 is 8.69 Å². The van der Waals surface area contributed by atoms with Crippen LogP contribution in [0.1, 0.15) is 22.7 Å². The van der Waals surface area contributed by atoms with Crippen molar-refractivity contribution in [2.45, 2.75) is 18.7 Å². The van der Waals surface area contributed by atoms with E-state index in [0.717, 1.165) is 16.7 Å². The van der Waals surface area contributed by atoms with Crippen molar-refractivity contribution in [1.82, 2.24) is 5.32 Å². The second-order valence-corrected chi connectivity index (χ2v) is 6.14. The maximum Gasteiger partial charge on any atom is 0.328 e. The first-order valence-electron chi connectivity index (χ1n) is 8.25. The third-order valence-electron chi connectivity index (χ3n) is 4.05. The van der Waals surface area contributed by atoms with E-state index in [1.165, 1.54) is 0 Å². The quantitative estimate of drug-likeness (QED) is 0.451. The zero-order valence-corrected chi connectivity index (χ0v) is 14.7. The minimum atomic E-state index is -0.369. The standard InChI is InChI=1S/C21H20NO2P/c23-25-24-20(16-17-10-4-1-5-11-17)22-21(18-12-6-2-7-13-18)19-14-8-3-9-15-19/h1-15,20-22H,16H2. The third-order valence-corrected chi connectivity index (χ3v) is 4.39. The zero-order valence-electron chi connectivity index (χ0n) is 13.8. The SMILES string of the molecule is O=POC(Cc1ccccc1)NC(c1ccccc1)c1ccccc1. The average molecular weight is 349 g/mol. The molecule has 3 rings (SSSR count). The van der Waals surface area contributed by atoms with Crippen LogP contribution in [0.5, 0.6) is 0 Å². The first-order valence-corrected chi connectivity index (χ1v) is 8.98. The number of rotatable bonds is 8. The molecule has 0 amide bonds. The summed E-state index contributed by atoms with van der Waals surface area (Å²) in [6, 6.07) is 30.4. The van der Waals surface area contributed by atoms with E-state index in [4.69, 9.17) is 4.52 Å². The van der Waals surface area contributed by atoms with Gasteiger partial charge in [-0.2, -0.15) is 0 Å². The van der Waals surface area contributed by atoms with Gasteiger partial charge in [-0.1, -0.05) is 91.0 Å². The molecule has 3 aromatic rings. The highest BCUT2D eigenvalue weighted by Gasteiger charge is 2.20. The Morgan fingerprint density at radius 2 is 1.24 bits per heavy atom. The van der Waals surface area contributed by atoms with Crippen LogP contribution < -0.4 is 5.32 Å². The van der Waals surface area contributed by atoms with Gasteiger partial charge in [-0.3, -0.25) is 9.84 Å². The van der Waals surface area contributed by atoms with Crippen LogP contribution in [0, 0.1) is 0 Å². The van der Waals surface area contributed by atoms with Gasteiger partial charge in [0.15, 0.2) is 0 Å². The van der Waals surface area contributed by atoms with Gasteiger partial charge in [0, 0.05) is 6.42 Å². The van der Waals surface area contributed by atoms with Gasteiger partial charge in [0.25, 0.3) is 0 Å². The van der Waals surface area contributed by atoms with Gasteiger partial charge in [-0.25, -0.2) is 4.57 Å².